The standard InChI is InChI=1S/C15H27N4O2/c1-12-16(3)4-5-17(12)8-14(20)9-18-6-7-19(13(18)2)10-15(21)11-19/h4-7,12-15,20-21H,8-11H2,1-3H3/q+1. The molecule has 1 saturated heterocycles. The van der Waals surface area contributed by atoms with Gasteiger partial charge in [0, 0.05) is 32.9 Å². The Morgan fingerprint density at radius 3 is 2.38 bits per heavy atom. The maximum atomic E-state index is 10.4. The van der Waals surface area contributed by atoms with Crippen LogP contribution in [0.1, 0.15) is 13.8 Å². The van der Waals surface area contributed by atoms with Gasteiger partial charge in [-0.3, -0.25) is 4.48 Å². The second kappa shape index (κ2) is 5.19. The van der Waals surface area contributed by atoms with E-state index in [0.29, 0.717) is 25.4 Å². The van der Waals surface area contributed by atoms with Gasteiger partial charge in [-0.15, -0.1) is 0 Å². The lowest BCUT2D eigenvalue weighted by atomic mass is 10.1. The summed E-state index contributed by atoms with van der Waals surface area (Å²) in [5.74, 6) is 0. The van der Waals surface area contributed by atoms with Gasteiger partial charge in [0.25, 0.3) is 0 Å². The number of aliphatic hydroxyl groups excluding tert-OH is 2. The summed E-state index contributed by atoms with van der Waals surface area (Å²) in [4.78, 5) is 6.49. The van der Waals surface area contributed by atoms with Crippen LogP contribution in [-0.2, 0) is 0 Å². The second-order valence-electron chi connectivity index (χ2n) is 6.69. The van der Waals surface area contributed by atoms with Gasteiger partial charge in [-0.25, -0.2) is 0 Å². The molecule has 6 heteroatoms. The Hall–Kier alpha value is -1.24. The number of hydrogen-bond donors (Lipinski definition) is 2. The first-order chi connectivity index (χ1) is 9.91. The molecule has 6 nitrogen and oxygen atoms in total. The minimum atomic E-state index is -0.389. The minimum Gasteiger partial charge on any atom is -0.389 e. The SMILES string of the molecule is CC1N(C)C=CN1CC(O)CN1C=C[N+]2(CC(O)C2)C1C. The van der Waals surface area contributed by atoms with E-state index < -0.39 is 0 Å². The van der Waals surface area contributed by atoms with Crippen LogP contribution in [-0.4, -0.2) is 87.2 Å². The Morgan fingerprint density at radius 1 is 1.14 bits per heavy atom. The van der Waals surface area contributed by atoms with Gasteiger partial charge >= 0.3 is 0 Å². The molecule has 0 bridgehead atoms. The molecular weight excluding hydrogens is 268 g/mol. The van der Waals surface area contributed by atoms with Gasteiger partial charge in [0.05, 0.1) is 25.0 Å². The van der Waals surface area contributed by atoms with Crippen LogP contribution in [0.3, 0.4) is 0 Å². The van der Waals surface area contributed by atoms with Crippen LogP contribution in [0.4, 0.5) is 0 Å². The molecule has 3 heterocycles. The van der Waals surface area contributed by atoms with E-state index in [4.69, 9.17) is 0 Å². The largest absolute Gasteiger partial charge is 0.389 e. The summed E-state index contributed by atoms with van der Waals surface area (Å²) < 4.78 is 0.830. The highest BCUT2D eigenvalue weighted by atomic mass is 16.3. The lowest BCUT2D eigenvalue weighted by molar-refractivity contribution is -0.950. The second-order valence-corrected chi connectivity index (χ2v) is 6.69. The van der Waals surface area contributed by atoms with Crippen molar-refractivity contribution in [3.05, 3.63) is 24.8 Å². The highest BCUT2D eigenvalue weighted by molar-refractivity contribution is 4.96. The van der Waals surface area contributed by atoms with Crippen molar-refractivity contribution in [2.24, 2.45) is 0 Å². The minimum absolute atomic E-state index is 0.173. The van der Waals surface area contributed by atoms with Crippen molar-refractivity contribution in [1.29, 1.82) is 0 Å². The van der Waals surface area contributed by atoms with Crippen molar-refractivity contribution in [1.82, 2.24) is 14.7 Å². The van der Waals surface area contributed by atoms with E-state index in [1.807, 2.05) is 19.4 Å². The van der Waals surface area contributed by atoms with Crippen LogP contribution >= 0.6 is 0 Å². The van der Waals surface area contributed by atoms with Gasteiger partial charge < -0.3 is 24.9 Å². The van der Waals surface area contributed by atoms with Crippen LogP contribution in [0.15, 0.2) is 24.8 Å². The highest BCUT2D eigenvalue weighted by Crippen LogP contribution is 2.33. The van der Waals surface area contributed by atoms with E-state index >= 15 is 0 Å². The molecule has 0 amide bonds. The van der Waals surface area contributed by atoms with Crippen LogP contribution in [0.2, 0.25) is 0 Å². The van der Waals surface area contributed by atoms with Crippen LogP contribution < -0.4 is 0 Å². The van der Waals surface area contributed by atoms with Gasteiger partial charge in [0.1, 0.15) is 19.3 Å². The lowest BCUT2D eigenvalue weighted by Crippen LogP contribution is -2.67. The first kappa shape index (κ1) is 14.7. The van der Waals surface area contributed by atoms with Gasteiger partial charge in [-0.2, -0.15) is 0 Å². The Morgan fingerprint density at radius 2 is 1.81 bits per heavy atom. The van der Waals surface area contributed by atoms with Crippen molar-refractivity contribution in [3.63, 3.8) is 0 Å². The molecule has 3 unspecified atom stereocenters. The van der Waals surface area contributed by atoms with E-state index in [1.165, 1.54) is 0 Å². The summed E-state index contributed by atoms with van der Waals surface area (Å²) in [5.41, 5.74) is 0. The summed E-state index contributed by atoms with van der Waals surface area (Å²) in [7, 11) is 2.04. The predicted molar refractivity (Wildman–Crippen MR) is 80.4 cm³/mol. The molecule has 0 aliphatic carbocycles. The topological polar surface area (TPSA) is 50.2 Å². The average Bonchev–Trinajstić information content (AvgIpc) is 2.87. The van der Waals surface area contributed by atoms with Gasteiger partial charge in [0.2, 0.25) is 0 Å². The molecule has 0 radical (unpaired) electrons. The fourth-order valence-corrected chi connectivity index (χ4v) is 3.57. The molecule has 1 fully saturated rings. The molecule has 0 aromatic heterocycles. The summed E-state index contributed by atoms with van der Waals surface area (Å²) >= 11 is 0. The van der Waals surface area contributed by atoms with E-state index in [-0.39, 0.29) is 12.2 Å². The molecule has 3 aliphatic rings. The van der Waals surface area contributed by atoms with Gasteiger partial charge in [-0.1, -0.05) is 0 Å². The summed E-state index contributed by atoms with van der Waals surface area (Å²) in [5, 5.41) is 19.9. The Labute approximate surface area is 126 Å². The Balaban J connectivity index is 1.51. The lowest BCUT2D eigenvalue weighted by Gasteiger charge is -2.48. The summed E-state index contributed by atoms with van der Waals surface area (Å²) in [6, 6.07) is 0. The average molecular weight is 295 g/mol. The number of β-amino-alcohol motifs (C(OH)–C–C–N with tert-alkyl or cyclic N) is 1. The van der Waals surface area contributed by atoms with Crippen LogP contribution in [0.25, 0.3) is 0 Å². The summed E-state index contributed by atoms with van der Waals surface area (Å²) in [6.45, 7) is 7.16. The molecule has 3 rings (SSSR count). The fourth-order valence-electron chi connectivity index (χ4n) is 3.57. The summed E-state index contributed by atoms with van der Waals surface area (Å²) in [6.07, 6.45) is 8.36. The first-order valence-corrected chi connectivity index (χ1v) is 7.75. The Bertz CT molecular complexity index is 447. The first-order valence-electron chi connectivity index (χ1n) is 7.75. The third-order valence-electron chi connectivity index (χ3n) is 5.29. The molecule has 0 aromatic rings. The monoisotopic (exact) mass is 295 g/mol. The smallest absolute Gasteiger partial charge is 0.166 e. The number of rotatable bonds is 4. The number of nitrogens with zero attached hydrogens (tertiary/aromatic N) is 4. The van der Waals surface area contributed by atoms with Crippen molar-refractivity contribution in [3.8, 4) is 0 Å². The molecule has 3 atom stereocenters. The van der Waals surface area contributed by atoms with E-state index in [2.05, 4.69) is 40.9 Å². The number of aliphatic hydroxyl groups is 2. The molecule has 118 valence electrons. The van der Waals surface area contributed by atoms with Crippen LogP contribution in [0.5, 0.6) is 0 Å². The maximum absolute atomic E-state index is 10.4. The zero-order chi connectivity index (χ0) is 15.2. The van der Waals surface area contributed by atoms with E-state index in [9.17, 15) is 10.2 Å². The highest BCUT2D eigenvalue weighted by Gasteiger charge is 2.50. The van der Waals surface area contributed by atoms with Crippen molar-refractivity contribution >= 4 is 0 Å². The van der Waals surface area contributed by atoms with Crippen molar-refractivity contribution < 1.29 is 14.7 Å². The van der Waals surface area contributed by atoms with E-state index in [0.717, 1.165) is 17.6 Å². The molecule has 0 aromatic carbocycles. The zero-order valence-corrected chi connectivity index (χ0v) is 13.1. The zero-order valence-electron chi connectivity index (χ0n) is 13.1. The normalized spacial score (nSPS) is 39.5. The fraction of sp³-hybridized carbons (Fsp3) is 0.733. The molecule has 3 aliphatic heterocycles. The molecule has 1 spiro atoms. The Kier molecular flexibility index (Phi) is 3.63. The number of quaternary nitrogens is 1. The van der Waals surface area contributed by atoms with Crippen molar-refractivity contribution in [2.45, 2.75) is 38.4 Å². The van der Waals surface area contributed by atoms with Crippen molar-refractivity contribution in [2.75, 3.05) is 33.2 Å². The van der Waals surface area contributed by atoms with Gasteiger partial charge in [-0.05, 0) is 6.92 Å². The molecular formula is C15H27N4O2+. The predicted octanol–water partition coefficient (Wildman–Crippen LogP) is -0.264. The molecule has 2 N–H and O–H groups in total. The third-order valence-corrected chi connectivity index (χ3v) is 5.29. The van der Waals surface area contributed by atoms with Crippen LogP contribution in [0, 0.1) is 0 Å². The number of hydrogen-bond acceptors (Lipinski definition) is 5. The molecule has 0 saturated carbocycles. The van der Waals surface area contributed by atoms with Gasteiger partial charge in [0.15, 0.2) is 12.3 Å². The van der Waals surface area contributed by atoms with E-state index in [1.54, 1.807) is 0 Å². The quantitative estimate of drug-likeness (QED) is 0.700. The molecule has 21 heavy (non-hydrogen) atoms. The maximum Gasteiger partial charge on any atom is 0.166 e. The third kappa shape index (κ3) is 2.52.